The number of morpholine rings is 1. The molecule has 2 rings (SSSR count). The number of rotatable bonds is 1. The van der Waals surface area contributed by atoms with Crippen LogP contribution in [0.15, 0.2) is 12.3 Å². The first-order chi connectivity index (χ1) is 8.42. The minimum Gasteiger partial charge on any atom is -0.397 e. The molecule has 0 saturated carbocycles. The molecule has 1 aromatic rings. The van der Waals surface area contributed by atoms with Crippen molar-refractivity contribution < 1.29 is 9.53 Å². The van der Waals surface area contributed by atoms with Crippen molar-refractivity contribution in [3.05, 3.63) is 23.5 Å². The number of ether oxygens (including phenoxy) is 1. The molecule has 18 heavy (non-hydrogen) atoms. The van der Waals surface area contributed by atoms with Gasteiger partial charge in [-0.05, 0) is 26.8 Å². The molecule has 0 spiro atoms. The van der Waals surface area contributed by atoms with Crippen LogP contribution < -0.4 is 5.73 Å². The van der Waals surface area contributed by atoms with Crippen LogP contribution in [0.2, 0.25) is 0 Å². The van der Waals surface area contributed by atoms with Gasteiger partial charge in [-0.3, -0.25) is 9.78 Å². The average molecular weight is 249 g/mol. The molecule has 1 saturated heterocycles. The molecule has 5 nitrogen and oxygen atoms in total. The number of amides is 1. The zero-order chi connectivity index (χ0) is 13.3. The number of carbonyl (C=O) groups excluding carboxylic acids is 1. The van der Waals surface area contributed by atoms with E-state index in [1.165, 1.54) is 0 Å². The lowest BCUT2D eigenvalue weighted by molar-refractivity contribution is -0.0371. The van der Waals surface area contributed by atoms with Crippen LogP contribution in [0, 0.1) is 6.92 Å². The van der Waals surface area contributed by atoms with Crippen LogP contribution >= 0.6 is 0 Å². The average Bonchev–Trinajstić information content (AvgIpc) is 2.31. The van der Waals surface area contributed by atoms with Gasteiger partial charge in [0.1, 0.15) is 0 Å². The number of aromatic nitrogens is 1. The molecule has 0 radical (unpaired) electrons. The number of hydrogen-bond acceptors (Lipinski definition) is 4. The van der Waals surface area contributed by atoms with Gasteiger partial charge < -0.3 is 15.4 Å². The molecule has 0 aliphatic carbocycles. The molecule has 1 aliphatic heterocycles. The van der Waals surface area contributed by atoms with E-state index in [-0.39, 0.29) is 11.4 Å². The molecule has 98 valence electrons. The second-order valence-electron chi connectivity index (χ2n) is 5.22. The van der Waals surface area contributed by atoms with E-state index in [9.17, 15) is 4.79 Å². The van der Waals surface area contributed by atoms with Crippen LogP contribution in [0.1, 0.15) is 29.9 Å². The summed E-state index contributed by atoms with van der Waals surface area (Å²) in [6, 6.07) is 1.69. The maximum atomic E-state index is 12.6. The number of nitrogens with zero attached hydrogens (tertiary/aromatic N) is 2. The summed E-state index contributed by atoms with van der Waals surface area (Å²) in [5.74, 6) is -0.0272. The van der Waals surface area contributed by atoms with Crippen molar-refractivity contribution in [2.75, 3.05) is 25.5 Å². The molecule has 2 N–H and O–H groups in total. The lowest BCUT2D eigenvalue weighted by atomic mass is 10.0. The summed E-state index contributed by atoms with van der Waals surface area (Å²) in [5.41, 5.74) is 7.19. The Morgan fingerprint density at radius 1 is 1.56 bits per heavy atom. The SMILES string of the molecule is Cc1ncc(N)cc1C(=O)N1CCOCC1(C)C. The van der Waals surface area contributed by atoms with E-state index in [0.29, 0.717) is 36.7 Å². The molecule has 5 heteroatoms. The van der Waals surface area contributed by atoms with Gasteiger partial charge in [-0.1, -0.05) is 0 Å². The van der Waals surface area contributed by atoms with E-state index in [1.807, 2.05) is 25.7 Å². The highest BCUT2D eigenvalue weighted by Crippen LogP contribution is 2.23. The summed E-state index contributed by atoms with van der Waals surface area (Å²) in [7, 11) is 0. The third kappa shape index (κ3) is 2.31. The number of nitrogens with two attached hydrogens (primary N) is 1. The summed E-state index contributed by atoms with van der Waals surface area (Å²) in [4.78, 5) is 18.5. The van der Waals surface area contributed by atoms with E-state index in [1.54, 1.807) is 12.3 Å². The number of hydrogen-bond donors (Lipinski definition) is 1. The van der Waals surface area contributed by atoms with E-state index in [2.05, 4.69) is 4.98 Å². The molecule has 1 fully saturated rings. The van der Waals surface area contributed by atoms with Gasteiger partial charge in [-0.15, -0.1) is 0 Å². The second-order valence-corrected chi connectivity index (χ2v) is 5.22. The molecule has 0 bridgehead atoms. The number of nitrogen functional groups attached to an aromatic ring is 1. The highest BCUT2D eigenvalue weighted by Gasteiger charge is 2.35. The molecule has 1 amide bonds. The van der Waals surface area contributed by atoms with E-state index in [4.69, 9.17) is 10.5 Å². The molecule has 0 aromatic carbocycles. The molecule has 2 heterocycles. The largest absolute Gasteiger partial charge is 0.397 e. The van der Waals surface area contributed by atoms with Gasteiger partial charge in [-0.25, -0.2) is 0 Å². The molecular formula is C13H19N3O2. The monoisotopic (exact) mass is 249 g/mol. The van der Waals surface area contributed by atoms with Crippen LogP contribution in [-0.2, 0) is 4.74 Å². The summed E-state index contributed by atoms with van der Waals surface area (Å²) < 4.78 is 5.42. The van der Waals surface area contributed by atoms with Crippen LogP contribution in [0.5, 0.6) is 0 Å². The van der Waals surface area contributed by atoms with Gasteiger partial charge >= 0.3 is 0 Å². The van der Waals surface area contributed by atoms with Gasteiger partial charge in [0.25, 0.3) is 5.91 Å². The Kier molecular flexibility index (Phi) is 3.26. The molecule has 0 unspecified atom stereocenters. The van der Waals surface area contributed by atoms with Gasteiger partial charge in [0.2, 0.25) is 0 Å². The van der Waals surface area contributed by atoms with Gasteiger partial charge in [-0.2, -0.15) is 0 Å². The third-order valence-corrected chi connectivity index (χ3v) is 3.23. The summed E-state index contributed by atoms with van der Waals surface area (Å²) in [6.45, 7) is 7.54. The lowest BCUT2D eigenvalue weighted by Crippen LogP contribution is -2.55. The number of carbonyl (C=O) groups is 1. The number of aryl methyl sites for hydroxylation is 1. The Morgan fingerprint density at radius 2 is 2.28 bits per heavy atom. The standard InChI is InChI=1S/C13H19N3O2/c1-9-11(6-10(14)7-15-9)12(17)16-4-5-18-8-13(16,2)3/h6-7H,4-5,8,14H2,1-3H3. The summed E-state index contributed by atoms with van der Waals surface area (Å²) in [6.07, 6.45) is 1.57. The van der Waals surface area contributed by atoms with Crippen molar-refractivity contribution in [3.8, 4) is 0 Å². The molecule has 1 aromatic heterocycles. The van der Waals surface area contributed by atoms with Gasteiger partial charge in [0.05, 0.1) is 41.9 Å². The Bertz CT molecular complexity index is 471. The zero-order valence-corrected chi connectivity index (χ0v) is 11.1. The van der Waals surface area contributed by atoms with E-state index >= 15 is 0 Å². The van der Waals surface area contributed by atoms with Crippen LogP contribution in [-0.4, -0.2) is 41.1 Å². The van der Waals surface area contributed by atoms with Crippen LogP contribution in [0.25, 0.3) is 0 Å². The first-order valence-electron chi connectivity index (χ1n) is 6.03. The fraction of sp³-hybridized carbons (Fsp3) is 0.538. The summed E-state index contributed by atoms with van der Waals surface area (Å²) >= 11 is 0. The first kappa shape index (κ1) is 12.8. The minimum atomic E-state index is -0.299. The van der Waals surface area contributed by atoms with Gasteiger partial charge in [0, 0.05) is 6.54 Å². The Balaban J connectivity index is 2.33. The topological polar surface area (TPSA) is 68.5 Å². The third-order valence-electron chi connectivity index (χ3n) is 3.23. The normalized spacial score (nSPS) is 18.7. The predicted octanol–water partition coefficient (Wildman–Crippen LogP) is 1.22. The van der Waals surface area contributed by atoms with E-state index < -0.39 is 0 Å². The first-order valence-corrected chi connectivity index (χ1v) is 6.03. The molecule has 1 aliphatic rings. The second kappa shape index (κ2) is 4.57. The number of anilines is 1. The highest BCUT2D eigenvalue weighted by atomic mass is 16.5. The summed E-state index contributed by atoms with van der Waals surface area (Å²) in [5, 5.41) is 0. The van der Waals surface area contributed by atoms with Crippen molar-refractivity contribution >= 4 is 11.6 Å². The van der Waals surface area contributed by atoms with Gasteiger partial charge in [0.15, 0.2) is 0 Å². The Morgan fingerprint density at radius 3 is 2.94 bits per heavy atom. The van der Waals surface area contributed by atoms with Crippen molar-refractivity contribution in [3.63, 3.8) is 0 Å². The van der Waals surface area contributed by atoms with E-state index in [0.717, 1.165) is 0 Å². The smallest absolute Gasteiger partial charge is 0.256 e. The van der Waals surface area contributed by atoms with Crippen LogP contribution in [0.3, 0.4) is 0 Å². The van der Waals surface area contributed by atoms with Crippen LogP contribution in [0.4, 0.5) is 5.69 Å². The maximum absolute atomic E-state index is 12.6. The zero-order valence-electron chi connectivity index (χ0n) is 11.1. The quantitative estimate of drug-likeness (QED) is 0.812. The highest BCUT2D eigenvalue weighted by molar-refractivity contribution is 5.96. The maximum Gasteiger partial charge on any atom is 0.256 e. The van der Waals surface area contributed by atoms with Crippen molar-refractivity contribution in [1.82, 2.24) is 9.88 Å². The Hall–Kier alpha value is -1.62. The molecular weight excluding hydrogens is 230 g/mol. The predicted molar refractivity (Wildman–Crippen MR) is 69.3 cm³/mol. The number of pyridine rings is 1. The molecule has 0 atom stereocenters. The fourth-order valence-electron chi connectivity index (χ4n) is 2.15. The van der Waals surface area contributed by atoms with Crippen molar-refractivity contribution in [1.29, 1.82) is 0 Å². The minimum absolute atomic E-state index is 0.0272. The fourth-order valence-corrected chi connectivity index (χ4v) is 2.15. The Labute approximate surface area is 107 Å². The van der Waals surface area contributed by atoms with Crippen molar-refractivity contribution in [2.45, 2.75) is 26.3 Å². The van der Waals surface area contributed by atoms with Crippen molar-refractivity contribution in [2.24, 2.45) is 0 Å². The lowest BCUT2D eigenvalue weighted by Gasteiger charge is -2.42.